The van der Waals surface area contributed by atoms with Crippen molar-refractivity contribution in [3.05, 3.63) is 35.9 Å². The average Bonchev–Trinajstić information content (AvgIpc) is 2.34. The molecule has 0 unspecified atom stereocenters. The van der Waals surface area contributed by atoms with Crippen molar-refractivity contribution in [3.8, 4) is 0 Å². The molecule has 0 aromatic heterocycles. The zero-order chi connectivity index (χ0) is 17.6. The van der Waals surface area contributed by atoms with Gasteiger partial charge in [0.05, 0.1) is 0 Å². The van der Waals surface area contributed by atoms with Gasteiger partial charge in [0.15, 0.2) is 0 Å². The summed E-state index contributed by atoms with van der Waals surface area (Å²) >= 11 is 16.3. The minimum absolute atomic E-state index is 0.230. The number of ether oxygens (including phenoxy) is 1. The maximum Gasteiger partial charge on any atom is 0.522 e. The SMILES string of the molecule is N=C(OCc1ccccc1)C(Cl)(Cl)Cl.O=S(=O)(O)C(F)(F)F. The maximum absolute atomic E-state index is 10.7. The smallest absolute Gasteiger partial charge is 0.473 e. The molecule has 0 amide bonds. The quantitative estimate of drug-likeness (QED) is 0.258. The molecule has 0 aliphatic carbocycles. The molecule has 2 N–H and O–H groups in total. The van der Waals surface area contributed by atoms with E-state index in [1.807, 2.05) is 30.3 Å². The summed E-state index contributed by atoms with van der Waals surface area (Å²) in [5.41, 5.74) is -4.61. The molecule has 5 nitrogen and oxygen atoms in total. The molecule has 22 heavy (non-hydrogen) atoms. The van der Waals surface area contributed by atoms with Crippen LogP contribution in [0.15, 0.2) is 30.3 Å². The first-order chi connectivity index (χ1) is 9.75. The molecular weight excluding hydrogens is 394 g/mol. The van der Waals surface area contributed by atoms with E-state index in [0.717, 1.165) is 5.56 Å². The van der Waals surface area contributed by atoms with Gasteiger partial charge < -0.3 is 4.74 Å². The molecule has 0 aliphatic heterocycles. The van der Waals surface area contributed by atoms with Crippen LogP contribution in [0, 0.1) is 5.41 Å². The van der Waals surface area contributed by atoms with E-state index >= 15 is 0 Å². The summed E-state index contributed by atoms with van der Waals surface area (Å²) in [6, 6.07) is 9.37. The Morgan fingerprint density at radius 3 is 1.91 bits per heavy atom. The third-order valence-electron chi connectivity index (χ3n) is 1.78. The fourth-order valence-corrected chi connectivity index (χ4v) is 0.975. The number of alkyl halides is 6. The lowest BCUT2D eigenvalue weighted by Gasteiger charge is -2.13. The number of nitrogens with one attached hydrogen (secondary N) is 1. The van der Waals surface area contributed by atoms with Crippen LogP contribution in [0.1, 0.15) is 5.56 Å². The van der Waals surface area contributed by atoms with Crippen LogP contribution in [0.5, 0.6) is 0 Å². The molecule has 0 radical (unpaired) electrons. The lowest BCUT2D eigenvalue weighted by atomic mass is 10.2. The predicted molar refractivity (Wildman–Crippen MR) is 76.9 cm³/mol. The van der Waals surface area contributed by atoms with Crippen LogP contribution >= 0.6 is 34.8 Å². The van der Waals surface area contributed by atoms with Crippen molar-refractivity contribution in [1.82, 2.24) is 0 Å². The Morgan fingerprint density at radius 2 is 1.59 bits per heavy atom. The van der Waals surface area contributed by atoms with E-state index in [0.29, 0.717) is 0 Å². The third-order valence-corrected chi connectivity index (χ3v) is 2.88. The summed E-state index contributed by atoms with van der Waals surface area (Å²) in [5.74, 6) is -0.369. The first-order valence-electron chi connectivity index (χ1n) is 5.11. The Morgan fingerprint density at radius 1 is 1.18 bits per heavy atom. The van der Waals surface area contributed by atoms with E-state index in [-0.39, 0.29) is 12.5 Å². The van der Waals surface area contributed by atoms with Crippen LogP contribution in [0.3, 0.4) is 0 Å². The van der Waals surface area contributed by atoms with Crippen molar-refractivity contribution < 1.29 is 30.9 Å². The Hall–Kier alpha value is -0.740. The van der Waals surface area contributed by atoms with E-state index < -0.39 is 19.4 Å². The second kappa shape index (κ2) is 8.21. The van der Waals surface area contributed by atoms with Gasteiger partial charge in [-0.3, -0.25) is 9.96 Å². The molecule has 0 fully saturated rings. The van der Waals surface area contributed by atoms with Crippen LogP contribution < -0.4 is 0 Å². The Balaban J connectivity index is 0.000000472. The van der Waals surface area contributed by atoms with Crippen LogP contribution in [0.2, 0.25) is 0 Å². The molecule has 0 atom stereocenters. The third kappa shape index (κ3) is 8.64. The van der Waals surface area contributed by atoms with E-state index in [9.17, 15) is 13.2 Å². The first kappa shape index (κ1) is 21.3. The van der Waals surface area contributed by atoms with Crippen LogP contribution in [0.4, 0.5) is 13.2 Å². The maximum atomic E-state index is 10.7. The predicted octanol–water partition coefficient (Wildman–Crippen LogP) is 3.94. The van der Waals surface area contributed by atoms with Gasteiger partial charge in [-0.15, -0.1) is 0 Å². The highest BCUT2D eigenvalue weighted by molar-refractivity contribution is 7.86. The van der Waals surface area contributed by atoms with Gasteiger partial charge in [0.25, 0.3) is 3.79 Å². The van der Waals surface area contributed by atoms with Gasteiger partial charge in [-0.2, -0.15) is 21.6 Å². The second-order valence-electron chi connectivity index (χ2n) is 3.52. The van der Waals surface area contributed by atoms with Gasteiger partial charge in [0.2, 0.25) is 5.90 Å². The molecule has 12 heteroatoms. The number of benzene rings is 1. The van der Waals surface area contributed by atoms with Gasteiger partial charge in [-0.05, 0) is 5.56 Å². The highest BCUT2D eigenvalue weighted by Gasteiger charge is 2.44. The van der Waals surface area contributed by atoms with E-state index in [1.54, 1.807) is 0 Å². The molecule has 1 aromatic rings. The second-order valence-corrected chi connectivity index (χ2v) is 7.22. The monoisotopic (exact) mass is 401 g/mol. The van der Waals surface area contributed by atoms with Gasteiger partial charge in [-0.25, -0.2) is 0 Å². The summed E-state index contributed by atoms with van der Waals surface area (Å²) in [4.78, 5) is 0. The largest absolute Gasteiger partial charge is 0.522 e. The minimum atomic E-state index is -5.84. The summed E-state index contributed by atoms with van der Waals surface area (Å²) in [6.45, 7) is 0.230. The molecule has 0 heterocycles. The zero-order valence-corrected chi connectivity index (χ0v) is 13.5. The molecule has 1 aromatic carbocycles. The highest BCUT2D eigenvalue weighted by Crippen LogP contribution is 2.28. The average molecular weight is 403 g/mol. The number of halogens is 6. The molecule has 1 rings (SSSR count). The zero-order valence-electron chi connectivity index (χ0n) is 10.4. The van der Waals surface area contributed by atoms with E-state index in [2.05, 4.69) is 0 Å². The Kier molecular flexibility index (Phi) is 7.93. The number of hydrogen-bond donors (Lipinski definition) is 2. The van der Waals surface area contributed by atoms with E-state index in [1.165, 1.54) is 0 Å². The van der Waals surface area contributed by atoms with Gasteiger partial charge in [0.1, 0.15) is 6.61 Å². The van der Waals surface area contributed by atoms with Gasteiger partial charge in [0, 0.05) is 0 Å². The van der Waals surface area contributed by atoms with Crippen molar-refractivity contribution in [2.75, 3.05) is 0 Å². The fraction of sp³-hybridized carbons (Fsp3) is 0.300. The molecule has 0 bridgehead atoms. The van der Waals surface area contributed by atoms with Crippen molar-refractivity contribution in [3.63, 3.8) is 0 Å². The summed E-state index contributed by atoms with van der Waals surface area (Å²) in [7, 11) is -5.84. The molecule has 0 spiro atoms. The fourth-order valence-electron chi connectivity index (χ4n) is 0.812. The summed E-state index contributed by atoms with van der Waals surface area (Å²) in [6.07, 6.45) is 0. The van der Waals surface area contributed by atoms with Gasteiger partial charge in [-0.1, -0.05) is 65.1 Å². The van der Waals surface area contributed by atoms with Crippen LogP contribution in [-0.2, 0) is 21.5 Å². The normalized spacial score (nSPS) is 12.1. The Labute approximate surface area is 139 Å². The van der Waals surface area contributed by atoms with Crippen molar-refractivity contribution in [2.24, 2.45) is 0 Å². The van der Waals surface area contributed by atoms with E-state index in [4.69, 9.17) is 57.9 Å². The molecular formula is C10H9Cl3F3NO4S. The lowest BCUT2D eigenvalue weighted by molar-refractivity contribution is -0.0510. The molecule has 0 saturated carbocycles. The molecule has 0 saturated heterocycles. The van der Waals surface area contributed by atoms with Crippen LogP contribution in [-0.4, -0.2) is 28.2 Å². The van der Waals surface area contributed by atoms with Crippen LogP contribution in [0.25, 0.3) is 0 Å². The first-order valence-corrected chi connectivity index (χ1v) is 7.68. The summed E-state index contributed by atoms with van der Waals surface area (Å²) < 4.78 is 60.7. The Bertz CT molecular complexity index is 588. The number of rotatable bonds is 2. The molecule has 0 aliphatic rings. The topological polar surface area (TPSA) is 87.5 Å². The molecule has 126 valence electrons. The minimum Gasteiger partial charge on any atom is -0.473 e. The lowest BCUT2D eigenvalue weighted by Crippen LogP contribution is -2.21. The van der Waals surface area contributed by atoms with Gasteiger partial charge >= 0.3 is 15.6 Å². The number of hydrogen-bond acceptors (Lipinski definition) is 4. The highest BCUT2D eigenvalue weighted by atomic mass is 35.6. The summed E-state index contributed by atoms with van der Waals surface area (Å²) in [5, 5.41) is 7.27. The standard InChI is InChI=1S/C9H8Cl3NO.CHF3O3S/c10-9(11,12)8(13)14-6-7-4-2-1-3-5-7;2-1(3,4)8(5,6)7/h1-5,13H,6H2;(H,5,6,7). The van der Waals surface area contributed by atoms with Crippen molar-refractivity contribution >= 4 is 50.8 Å². The van der Waals surface area contributed by atoms with Crippen molar-refractivity contribution in [1.29, 1.82) is 5.41 Å². The van der Waals surface area contributed by atoms with Crippen molar-refractivity contribution in [2.45, 2.75) is 15.9 Å².